The molecule has 4 nitrogen and oxygen atoms in total. The molecule has 0 amide bonds. The summed E-state index contributed by atoms with van der Waals surface area (Å²) in [5.41, 5.74) is -1.20. The predicted molar refractivity (Wildman–Crippen MR) is 145 cm³/mol. The molecule has 2 N–H and O–H groups in total. The molecule has 0 saturated heterocycles. The second kappa shape index (κ2) is 20.6. The predicted octanol–water partition coefficient (Wildman–Crippen LogP) is 8.22. The molecule has 204 valence electrons. The fourth-order valence-corrected chi connectivity index (χ4v) is 5.39. The van der Waals surface area contributed by atoms with E-state index in [1.165, 1.54) is 83.5 Å². The highest BCUT2D eigenvalue weighted by atomic mass is 16.5. The van der Waals surface area contributed by atoms with E-state index in [0.29, 0.717) is 12.3 Å². The summed E-state index contributed by atoms with van der Waals surface area (Å²) in [6.45, 7) is 10.3. The molecule has 0 aromatic heterocycles. The van der Waals surface area contributed by atoms with E-state index in [1.807, 2.05) is 6.92 Å². The van der Waals surface area contributed by atoms with Crippen LogP contribution < -0.4 is 0 Å². The molecule has 0 aromatic rings. The summed E-state index contributed by atoms with van der Waals surface area (Å²) < 4.78 is 5.77. The van der Waals surface area contributed by atoms with Gasteiger partial charge in [0.1, 0.15) is 6.61 Å². The Morgan fingerprint density at radius 1 is 0.676 bits per heavy atom. The molecular formula is C30H60O4. The fourth-order valence-electron chi connectivity index (χ4n) is 5.39. The summed E-state index contributed by atoms with van der Waals surface area (Å²) in [7, 11) is 0. The average molecular weight is 485 g/mol. The van der Waals surface area contributed by atoms with Crippen LogP contribution in [0.15, 0.2) is 0 Å². The van der Waals surface area contributed by atoms with Gasteiger partial charge in [-0.15, -0.1) is 0 Å². The van der Waals surface area contributed by atoms with Crippen LogP contribution in [-0.4, -0.2) is 36.0 Å². The van der Waals surface area contributed by atoms with E-state index in [0.717, 1.165) is 25.7 Å². The lowest BCUT2D eigenvalue weighted by Crippen LogP contribution is -2.42. The second-order valence-electron chi connectivity index (χ2n) is 10.7. The Bertz CT molecular complexity index is 460. The van der Waals surface area contributed by atoms with Crippen LogP contribution in [0.5, 0.6) is 0 Å². The standard InChI is InChI=1S/C30H60O4/c1-6-11-12-13-14-15-16-17-18-19-20-21-22-23-27(7-2)30(9-4,10-5)28(33)34-26-29(8-3,24-31)25-32/h27,31-32H,6-26H2,1-5H3. The van der Waals surface area contributed by atoms with Gasteiger partial charge in [0, 0.05) is 0 Å². The lowest BCUT2D eigenvalue weighted by Gasteiger charge is -2.38. The maximum absolute atomic E-state index is 13.3. The van der Waals surface area contributed by atoms with Crippen LogP contribution in [0.2, 0.25) is 0 Å². The first-order valence-electron chi connectivity index (χ1n) is 14.8. The lowest BCUT2D eigenvalue weighted by molar-refractivity contribution is -0.167. The summed E-state index contributed by atoms with van der Waals surface area (Å²) in [5, 5.41) is 19.4. The molecule has 0 radical (unpaired) electrons. The molecule has 0 saturated carbocycles. The highest BCUT2D eigenvalue weighted by molar-refractivity contribution is 5.77. The zero-order valence-corrected chi connectivity index (χ0v) is 23.6. The molecule has 1 atom stereocenters. The molecule has 0 spiro atoms. The third kappa shape index (κ3) is 11.9. The van der Waals surface area contributed by atoms with Crippen molar-refractivity contribution in [3.8, 4) is 0 Å². The third-order valence-electron chi connectivity index (χ3n) is 8.53. The first-order valence-corrected chi connectivity index (χ1v) is 14.8. The minimum atomic E-state index is -0.736. The molecule has 0 aliphatic rings. The largest absolute Gasteiger partial charge is 0.464 e. The quantitative estimate of drug-likeness (QED) is 0.107. The maximum atomic E-state index is 13.3. The number of ether oxygens (including phenoxy) is 1. The number of carbonyl (C=O) groups is 1. The van der Waals surface area contributed by atoms with Gasteiger partial charge in [-0.25, -0.2) is 0 Å². The van der Waals surface area contributed by atoms with Crippen molar-refractivity contribution in [1.82, 2.24) is 0 Å². The Morgan fingerprint density at radius 3 is 1.47 bits per heavy atom. The Balaban J connectivity index is 4.38. The van der Waals surface area contributed by atoms with Crippen molar-refractivity contribution in [3.63, 3.8) is 0 Å². The van der Waals surface area contributed by atoms with Crippen LogP contribution >= 0.6 is 0 Å². The van der Waals surface area contributed by atoms with E-state index in [9.17, 15) is 15.0 Å². The topological polar surface area (TPSA) is 66.8 Å². The van der Waals surface area contributed by atoms with E-state index in [2.05, 4.69) is 27.7 Å². The first-order chi connectivity index (χ1) is 16.5. The zero-order valence-electron chi connectivity index (χ0n) is 23.6. The molecule has 0 rings (SSSR count). The molecular weight excluding hydrogens is 424 g/mol. The fraction of sp³-hybridized carbons (Fsp3) is 0.967. The van der Waals surface area contributed by atoms with Crippen molar-refractivity contribution in [2.75, 3.05) is 19.8 Å². The molecule has 0 aliphatic heterocycles. The van der Waals surface area contributed by atoms with Gasteiger partial charge in [-0.2, -0.15) is 0 Å². The van der Waals surface area contributed by atoms with Crippen LogP contribution in [0.25, 0.3) is 0 Å². The van der Waals surface area contributed by atoms with Gasteiger partial charge in [0.05, 0.1) is 24.0 Å². The van der Waals surface area contributed by atoms with Crippen molar-refractivity contribution >= 4 is 5.97 Å². The number of carbonyl (C=O) groups excluding carboxylic acids is 1. The third-order valence-corrected chi connectivity index (χ3v) is 8.53. The van der Waals surface area contributed by atoms with Gasteiger partial charge < -0.3 is 14.9 Å². The Hall–Kier alpha value is -0.610. The minimum Gasteiger partial charge on any atom is -0.464 e. The normalized spacial score (nSPS) is 13.3. The molecule has 0 fully saturated rings. The maximum Gasteiger partial charge on any atom is 0.312 e. The van der Waals surface area contributed by atoms with Crippen molar-refractivity contribution in [1.29, 1.82) is 0 Å². The number of esters is 1. The van der Waals surface area contributed by atoms with E-state index >= 15 is 0 Å². The van der Waals surface area contributed by atoms with Gasteiger partial charge in [0.2, 0.25) is 0 Å². The van der Waals surface area contributed by atoms with Crippen molar-refractivity contribution in [2.45, 2.75) is 150 Å². The molecule has 0 aromatic carbocycles. The number of hydrogen-bond donors (Lipinski definition) is 2. The van der Waals surface area contributed by atoms with Crippen molar-refractivity contribution in [2.24, 2.45) is 16.7 Å². The van der Waals surface area contributed by atoms with Gasteiger partial charge in [0.15, 0.2) is 0 Å². The molecule has 1 unspecified atom stereocenters. The summed E-state index contributed by atoms with van der Waals surface area (Å²) >= 11 is 0. The van der Waals surface area contributed by atoms with Crippen LogP contribution in [0.1, 0.15) is 150 Å². The molecule has 0 bridgehead atoms. The molecule has 34 heavy (non-hydrogen) atoms. The highest BCUT2D eigenvalue weighted by Gasteiger charge is 2.43. The van der Waals surface area contributed by atoms with Gasteiger partial charge >= 0.3 is 5.97 Å². The van der Waals surface area contributed by atoms with E-state index < -0.39 is 10.8 Å². The number of rotatable bonds is 24. The average Bonchev–Trinajstić information content (AvgIpc) is 2.87. The highest BCUT2D eigenvalue weighted by Crippen LogP contribution is 2.42. The van der Waals surface area contributed by atoms with Crippen molar-refractivity contribution in [3.05, 3.63) is 0 Å². The van der Waals surface area contributed by atoms with Crippen molar-refractivity contribution < 1.29 is 19.7 Å². The van der Waals surface area contributed by atoms with Crippen LogP contribution in [0, 0.1) is 16.7 Å². The van der Waals surface area contributed by atoms with Gasteiger partial charge in [0.25, 0.3) is 0 Å². The van der Waals surface area contributed by atoms with Crippen LogP contribution in [0.3, 0.4) is 0 Å². The number of aliphatic hydroxyl groups is 2. The molecule has 0 heterocycles. The molecule has 0 aliphatic carbocycles. The Labute approximate surface area is 212 Å². The first kappa shape index (κ1) is 33.4. The summed E-state index contributed by atoms with van der Waals surface area (Å²) in [6, 6.07) is 0. The zero-order chi connectivity index (χ0) is 25.7. The SMILES string of the molecule is CCCCCCCCCCCCCCCC(CC)C(CC)(CC)C(=O)OCC(CC)(CO)CO. The summed E-state index contributed by atoms with van der Waals surface area (Å²) in [4.78, 5) is 13.3. The Kier molecular flexibility index (Phi) is 20.2. The second-order valence-corrected chi connectivity index (χ2v) is 10.7. The van der Waals surface area contributed by atoms with E-state index in [1.54, 1.807) is 0 Å². The van der Waals surface area contributed by atoms with Gasteiger partial charge in [-0.3, -0.25) is 4.79 Å². The summed E-state index contributed by atoms with van der Waals surface area (Å²) in [6.07, 6.45) is 21.8. The van der Waals surface area contributed by atoms with E-state index in [4.69, 9.17) is 4.74 Å². The van der Waals surface area contributed by atoms with Crippen LogP contribution in [-0.2, 0) is 9.53 Å². The smallest absolute Gasteiger partial charge is 0.312 e. The number of unbranched alkanes of at least 4 members (excludes halogenated alkanes) is 12. The lowest BCUT2D eigenvalue weighted by atomic mass is 9.68. The monoisotopic (exact) mass is 484 g/mol. The Morgan fingerprint density at radius 2 is 1.12 bits per heavy atom. The number of hydrogen-bond acceptors (Lipinski definition) is 4. The van der Waals surface area contributed by atoms with Crippen LogP contribution in [0.4, 0.5) is 0 Å². The molecule has 4 heteroatoms. The van der Waals surface area contributed by atoms with E-state index in [-0.39, 0.29) is 25.8 Å². The number of aliphatic hydroxyl groups excluding tert-OH is 2. The van der Waals surface area contributed by atoms with Gasteiger partial charge in [-0.05, 0) is 31.6 Å². The summed E-state index contributed by atoms with van der Waals surface area (Å²) in [5.74, 6) is 0.181. The van der Waals surface area contributed by atoms with Gasteiger partial charge in [-0.1, -0.05) is 125 Å². The minimum absolute atomic E-state index is 0.0895.